The van der Waals surface area contributed by atoms with Gasteiger partial charge in [0, 0.05) is 31.9 Å². The molecule has 2 amide bonds. The molecule has 9 heteroatoms. The first-order valence-corrected chi connectivity index (χ1v) is 9.05. The van der Waals surface area contributed by atoms with Crippen molar-refractivity contribution in [1.82, 2.24) is 10.2 Å². The standard InChI is InChI=1S/C18H26F3N3O3/c1-2-27-16-6-5-14(10-15(16)18(19,20)21)23-17(26)22-7-9-24-8-3-4-13(11-24)12-25/h5-6,10,13,25H,2-4,7-9,11-12H2,1H3,(H2,22,23,26)/t13-/m1/s1. The molecule has 1 fully saturated rings. The predicted molar refractivity (Wildman–Crippen MR) is 95.9 cm³/mol. The number of amides is 2. The van der Waals surface area contributed by atoms with Crippen LogP contribution in [-0.2, 0) is 6.18 Å². The molecule has 0 aromatic heterocycles. The number of hydrogen-bond donors (Lipinski definition) is 3. The van der Waals surface area contributed by atoms with Gasteiger partial charge >= 0.3 is 12.2 Å². The number of benzene rings is 1. The molecule has 2 rings (SSSR count). The molecular weight excluding hydrogens is 363 g/mol. The number of halogens is 3. The number of urea groups is 1. The molecule has 0 unspecified atom stereocenters. The molecule has 1 heterocycles. The molecule has 1 aromatic carbocycles. The Morgan fingerprint density at radius 1 is 1.41 bits per heavy atom. The molecule has 1 aliphatic heterocycles. The van der Waals surface area contributed by atoms with Crippen LogP contribution >= 0.6 is 0 Å². The second-order valence-corrected chi connectivity index (χ2v) is 6.51. The molecule has 0 radical (unpaired) electrons. The minimum Gasteiger partial charge on any atom is -0.493 e. The van der Waals surface area contributed by atoms with E-state index in [0.29, 0.717) is 13.1 Å². The number of carbonyl (C=O) groups is 1. The van der Waals surface area contributed by atoms with Crippen molar-refractivity contribution in [2.24, 2.45) is 5.92 Å². The van der Waals surface area contributed by atoms with Crippen LogP contribution in [-0.4, -0.2) is 55.4 Å². The van der Waals surface area contributed by atoms with Gasteiger partial charge in [0.2, 0.25) is 0 Å². The molecule has 0 bridgehead atoms. The third kappa shape index (κ3) is 6.59. The van der Waals surface area contributed by atoms with E-state index in [9.17, 15) is 23.1 Å². The lowest BCUT2D eigenvalue weighted by Gasteiger charge is -2.31. The molecule has 3 N–H and O–H groups in total. The van der Waals surface area contributed by atoms with Crippen molar-refractivity contribution in [3.63, 3.8) is 0 Å². The van der Waals surface area contributed by atoms with Crippen molar-refractivity contribution in [1.29, 1.82) is 0 Å². The second kappa shape index (κ2) is 9.80. The number of nitrogens with zero attached hydrogens (tertiary/aromatic N) is 1. The van der Waals surface area contributed by atoms with E-state index >= 15 is 0 Å². The molecule has 0 spiro atoms. The quantitative estimate of drug-likeness (QED) is 0.670. The lowest BCUT2D eigenvalue weighted by Crippen LogP contribution is -2.42. The van der Waals surface area contributed by atoms with Crippen LogP contribution in [0.4, 0.5) is 23.7 Å². The summed E-state index contributed by atoms with van der Waals surface area (Å²) in [6, 6.07) is 2.87. The van der Waals surface area contributed by atoms with Crippen LogP contribution in [0, 0.1) is 5.92 Å². The number of anilines is 1. The van der Waals surface area contributed by atoms with Gasteiger partial charge in [0.15, 0.2) is 0 Å². The number of aliphatic hydroxyl groups excluding tert-OH is 1. The summed E-state index contributed by atoms with van der Waals surface area (Å²) in [5.74, 6) is -0.00304. The molecule has 0 saturated carbocycles. The number of alkyl halides is 3. The van der Waals surface area contributed by atoms with Crippen molar-refractivity contribution >= 4 is 11.7 Å². The number of likely N-dealkylation sites (tertiary alicyclic amines) is 1. The average Bonchev–Trinajstić information content (AvgIpc) is 2.62. The number of piperidine rings is 1. The second-order valence-electron chi connectivity index (χ2n) is 6.51. The zero-order chi connectivity index (χ0) is 19.9. The van der Waals surface area contributed by atoms with E-state index in [4.69, 9.17) is 4.74 Å². The van der Waals surface area contributed by atoms with Gasteiger partial charge in [0.25, 0.3) is 0 Å². The maximum absolute atomic E-state index is 13.1. The highest BCUT2D eigenvalue weighted by molar-refractivity contribution is 5.89. The van der Waals surface area contributed by atoms with Crippen molar-refractivity contribution in [2.75, 3.05) is 44.7 Å². The molecule has 0 aliphatic carbocycles. The summed E-state index contributed by atoms with van der Waals surface area (Å²) >= 11 is 0. The van der Waals surface area contributed by atoms with Crippen LogP contribution in [0.15, 0.2) is 18.2 Å². The molecule has 27 heavy (non-hydrogen) atoms. The summed E-state index contributed by atoms with van der Waals surface area (Å²) in [6.07, 6.45) is -2.57. The monoisotopic (exact) mass is 389 g/mol. The van der Waals surface area contributed by atoms with Crippen molar-refractivity contribution in [3.05, 3.63) is 23.8 Å². The van der Waals surface area contributed by atoms with E-state index in [2.05, 4.69) is 15.5 Å². The summed E-state index contributed by atoms with van der Waals surface area (Å²) in [6.45, 7) is 4.56. The van der Waals surface area contributed by atoms with Gasteiger partial charge in [-0.3, -0.25) is 0 Å². The van der Waals surface area contributed by atoms with Gasteiger partial charge in [-0.15, -0.1) is 0 Å². The molecule has 1 saturated heterocycles. The van der Waals surface area contributed by atoms with E-state index in [-0.39, 0.29) is 30.6 Å². The zero-order valence-electron chi connectivity index (χ0n) is 15.3. The molecular formula is C18H26F3N3O3. The van der Waals surface area contributed by atoms with Gasteiger partial charge in [-0.1, -0.05) is 0 Å². The first-order chi connectivity index (χ1) is 12.8. The number of carbonyl (C=O) groups excluding carboxylic acids is 1. The number of hydrogen-bond acceptors (Lipinski definition) is 4. The first-order valence-electron chi connectivity index (χ1n) is 9.05. The van der Waals surface area contributed by atoms with Crippen LogP contribution in [0.5, 0.6) is 5.75 Å². The third-order valence-electron chi connectivity index (χ3n) is 4.42. The average molecular weight is 389 g/mol. The Bertz CT molecular complexity index is 626. The van der Waals surface area contributed by atoms with Gasteiger partial charge in [-0.25, -0.2) is 4.79 Å². The van der Waals surface area contributed by atoms with E-state index in [1.165, 1.54) is 12.1 Å². The normalized spacial score (nSPS) is 18.2. The van der Waals surface area contributed by atoms with Crippen LogP contribution < -0.4 is 15.4 Å². The summed E-state index contributed by atoms with van der Waals surface area (Å²) in [7, 11) is 0. The maximum atomic E-state index is 13.1. The Labute approximate surface area is 156 Å². The van der Waals surface area contributed by atoms with Gasteiger partial charge in [0.1, 0.15) is 5.75 Å². The summed E-state index contributed by atoms with van der Waals surface area (Å²) in [5.41, 5.74) is -0.882. The van der Waals surface area contributed by atoms with Crippen LogP contribution in [0.3, 0.4) is 0 Å². The van der Waals surface area contributed by atoms with Crippen molar-refractivity contribution in [2.45, 2.75) is 25.9 Å². The van der Waals surface area contributed by atoms with Crippen LogP contribution in [0.1, 0.15) is 25.3 Å². The smallest absolute Gasteiger partial charge is 0.420 e. The molecule has 152 valence electrons. The predicted octanol–water partition coefficient (Wildman–Crippen LogP) is 2.93. The van der Waals surface area contributed by atoms with Gasteiger partial charge in [0.05, 0.1) is 12.2 Å². The van der Waals surface area contributed by atoms with E-state index in [1.807, 2.05) is 0 Å². The third-order valence-corrected chi connectivity index (χ3v) is 4.42. The van der Waals surface area contributed by atoms with E-state index < -0.39 is 17.8 Å². The molecule has 6 nitrogen and oxygen atoms in total. The lowest BCUT2D eigenvalue weighted by molar-refractivity contribution is -0.138. The first kappa shape index (κ1) is 21.3. The fourth-order valence-electron chi connectivity index (χ4n) is 3.12. The highest BCUT2D eigenvalue weighted by atomic mass is 19.4. The number of ether oxygens (including phenoxy) is 1. The highest BCUT2D eigenvalue weighted by Crippen LogP contribution is 2.37. The fraction of sp³-hybridized carbons (Fsp3) is 0.611. The zero-order valence-corrected chi connectivity index (χ0v) is 15.3. The van der Waals surface area contributed by atoms with Gasteiger partial charge < -0.3 is 25.4 Å². The van der Waals surface area contributed by atoms with Crippen molar-refractivity contribution in [3.8, 4) is 5.75 Å². The Morgan fingerprint density at radius 3 is 2.85 bits per heavy atom. The number of nitrogens with one attached hydrogen (secondary N) is 2. The van der Waals surface area contributed by atoms with Gasteiger partial charge in [-0.2, -0.15) is 13.2 Å². The highest BCUT2D eigenvalue weighted by Gasteiger charge is 2.34. The van der Waals surface area contributed by atoms with E-state index in [1.54, 1.807) is 6.92 Å². The van der Waals surface area contributed by atoms with E-state index in [0.717, 1.165) is 32.0 Å². The van der Waals surface area contributed by atoms with Crippen LogP contribution in [0.2, 0.25) is 0 Å². The van der Waals surface area contributed by atoms with Crippen LogP contribution in [0.25, 0.3) is 0 Å². The molecule has 1 aromatic rings. The minimum atomic E-state index is -4.57. The Kier molecular flexibility index (Phi) is 7.73. The van der Waals surface area contributed by atoms with Gasteiger partial charge in [-0.05, 0) is 50.4 Å². The lowest BCUT2D eigenvalue weighted by atomic mass is 9.99. The Morgan fingerprint density at radius 2 is 2.19 bits per heavy atom. The Balaban J connectivity index is 1.86. The number of aliphatic hydroxyl groups is 1. The maximum Gasteiger partial charge on any atom is 0.420 e. The Hall–Kier alpha value is -2.00. The molecule has 1 atom stereocenters. The summed E-state index contributed by atoms with van der Waals surface area (Å²) in [5, 5.41) is 14.3. The van der Waals surface area contributed by atoms with Crippen molar-refractivity contribution < 1.29 is 27.8 Å². The topological polar surface area (TPSA) is 73.8 Å². The fourth-order valence-corrected chi connectivity index (χ4v) is 3.12. The largest absolute Gasteiger partial charge is 0.493 e. The SMILES string of the molecule is CCOc1ccc(NC(=O)NCCN2CCC[C@@H](CO)C2)cc1C(F)(F)F. The summed E-state index contributed by atoms with van der Waals surface area (Å²) < 4.78 is 44.4. The minimum absolute atomic E-state index is 0.0431. The number of rotatable bonds is 7. The summed E-state index contributed by atoms with van der Waals surface area (Å²) in [4.78, 5) is 14.1. The molecule has 1 aliphatic rings.